The van der Waals surface area contributed by atoms with E-state index in [0.717, 1.165) is 12.4 Å². The van der Waals surface area contributed by atoms with Gasteiger partial charge in [-0.15, -0.1) is 0 Å². The Hall–Kier alpha value is -2.01. The fraction of sp³-hybridized carbons (Fsp3) is 0.636. The average Bonchev–Trinajstić information content (AvgIpc) is 2.91. The summed E-state index contributed by atoms with van der Waals surface area (Å²) in [6.07, 6.45) is 4.15. The molecule has 0 spiro atoms. The summed E-state index contributed by atoms with van der Waals surface area (Å²) in [7, 11) is 0. The monoisotopic (exact) mass is 248 g/mol. The minimum absolute atomic E-state index is 0.144. The van der Waals surface area contributed by atoms with Crippen molar-refractivity contribution in [3.8, 4) is 0 Å². The van der Waals surface area contributed by atoms with Crippen LogP contribution in [0.15, 0.2) is 17.5 Å². The molecule has 1 amide bonds. The van der Waals surface area contributed by atoms with Gasteiger partial charge in [0.1, 0.15) is 5.82 Å². The van der Waals surface area contributed by atoms with Gasteiger partial charge in [0, 0.05) is 49.9 Å². The molecule has 18 heavy (non-hydrogen) atoms. The highest BCUT2D eigenvalue weighted by Crippen LogP contribution is 2.18. The van der Waals surface area contributed by atoms with Crippen LogP contribution in [-0.2, 0) is 11.3 Å². The highest BCUT2D eigenvalue weighted by molar-refractivity contribution is 5.78. The molecule has 1 aliphatic rings. The van der Waals surface area contributed by atoms with E-state index < -0.39 is 0 Å². The average molecular weight is 248 g/mol. The molecule has 1 atom stereocenters. The Morgan fingerprint density at radius 3 is 3.11 bits per heavy atom. The number of rotatable bonds is 5. The number of nitrogens with zero attached hydrogens (tertiary/aromatic N) is 6. The molecule has 96 valence electrons. The molecule has 0 aromatic carbocycles. The van der Waals surface area contributed by atoms with Gasteiger partial charge in [-0.25, -0.2) is 4.98 Å². The molecule has 7 heteroatoms. The smallest absolute Gasteiger partial charge is 0.222 e. The largest absolute Gasteiger partial charge is 0.341 e. The molecular formula is C11H16N6O. The van der Waals surface area contributed by atoms with Gasteiger partial charge >= 0.3 is 0 Å². The topological polar surface area (TPSA) is 86.9 Å². The second-order valence-corrected chi connectivity index (χ2v) is 4.49. The van der Waals surface area contributed by atoms with E-state index in [9.17, 15) is 4.79 Å². The lowest BCUT2D eigenvalue weighted by atomic mass is 10.1. The number of carbonyl (C=O) groups is 1. The molecule has 0 bridgehead atoms. The van der Waals surface area contributed by atoms with E-state index in [2.05, 4.69) is 15.0 Å². The van der Waals surface area contributed by atoms with Crippen LogP contribution in [0.3, 0.4) is 0 Å². The number of imidazole rings is 1. The van der Waals surface area contributed by atoms with Crippen molar-refractivity contribution in [1.82, 2.24) is 14.5 Å². The summed E-state index contributed by atoms with van der Waals surface area (Å²) in [5.41, 5.74) is 8.27. The van der Waals surface area contributed by atoms with Crippen LogP contribution in [0.4, 0.5) is 0 Å². The summed E-state index contributed by atoms with van der Waals surface area (Å²) in [6.45, 7) is 4.47. The number of hydrogen-bond acceptors (Lipinski definition) is 3. The maximum atomic E-state index is 11.8. The van der Waals surface area contributed by atoms with Crippen molar-refractivity contribution in [2.75, 3.05) is 19.6 Å². The van der Waals surface area contributed by atoms with E-state index in [0.29, 0.717) is 26.1 Å². The van der Waals surface area contributed by atoms with E-state index in [4.69, 9.17) is 5.53 Å². The Balaban J connectivity index is 1.85. The van der Waals surface area contributed by atoms with Gasteiger partial charge in [0.05, 0.1) is 0 Å². The van der Waals surface area contributed by atoms with E-state index in [1.54, 1.807) is 6.20 Å². The Kier molecular flexibility index (Phi) is 3.84. The molecule has 1 unspecified atom stereocenters. The van der Waals surface area contributed by atoms with Crippen LogP contribution in [0.5, 0.6) is 0 Å². The molecule has 0 N–H and O–H groups in total. The minimum Gasteiger partial charge on any atom is -0.341 e. The first-order valence-electron chi connectivity index (χ1n) is 5.97. The quantitative estimate of drug-likeness (QED) is 0.447. The van der Waals surface area contributed by atoms with Crippen LogP contribution in [0.1, 0.15) is 12.2 Å². The Morgan fingerprint density at radius 2 is 2.44 bits per heavy atom. The van der Waals surface area contributed by atoms with Gasteiger partial charge in [-0.1, -0.05) is 5.11 Å². The highest BCUT2D eigenvalue weighted by Gasteiger charge is 2.28. The van der Waals surface area contributed by atoms with Gasteiger partial charge in [-0.05, 0) is 18.4 Å². The summed E-state index contributed by atoms with van der Waals surface area (Å²) in [6, 6.07) is 0. The Morgan fingerprint density at radius 1 is 1.61 bits per heavy atom. The second kappa shape index (κ2) is 5.55. The number of amides is 1. The third kappa shape index (κ3) is 2.81. The van der Waals surface area contributed by atoms with Crippen LogP contribution in [0.2, 0.25) is 0 Å². The summed E-state index contributed by atoms with van der Waals surface area (Å²) in [5, 5.41) is 3.53. The van der Waals surface area contributed by atoms with Gasteiger partial charge in [0.15, 0.2) is 0 Å². The number of likely N-dealkylation sites (tertiary alicyclic amines) is 1. The molecular weight excluding hydrogens is 232 g/mol. The van der Waals surface area contributed by atoms with E-state index in [-0.39, 0.29) is 11.8 Å². The third-order valence-electron chi connectivity index (χ3n) is 3.23. The summed E-state index contributed by atoms with van der Waals surface area (Å²) in [4.78, 5) is 20.5. The normalized spacial score (nSPS) is 19.1. The maximum absolute atomic E-state index is 11.8. The first-order valence-corrected chi connectivity index (χ1v) is 5.97. The number of hydrogen-bond donors (Lipinski definition) is 0. The zero-order chi connectivity index (χ0) is 13.0. The first kappa shape index (κ1) is 12.4. The van der Waals surface area contributed by atoms with Gasteiger partial charge in [-0.3, -0.25) is 4.79 Å². The molecule has 7 nitrogen and oxygen atoms in total. The lowest BCUT2D eigenvalue weighted by molar-refractivity contribution is -0.127. The van der Waals surface area contributed by atoms with Crippen LogP contribution in [-0.4, -0.2) is 40.0 Å². The highest BCUT2D eigenvalue weighted by atomic mass is 16.2. The maximum Gasteiger partial charge on any atom is 0.222 e. The van der Waals surface area contributed by atoms with Crippen molar-refractivity contribution in [2.24, 2.45) is 11.0 Å². The van der Waals surface area contributed by atoms with E-state index in [1.807, 2.05) is 22.6 Å². The molecule has 0 aliphatic carbocycles. The lowest BCUT2D eigenvalue weighted by Crippen LogP contribution is -2.29. The molecule has 0 saturated carbocycles. The van der Waals surface area contributed by atoms with Gasteiger partial charge < -0.3 is 9.47 Å². The molecule has 1 fully saturated rings. The number of carbonyl (C=O) groups excluding carboxylic acids is 1. The van der Waals surface area contributed by atoms with Crippen LogP contribution in [0.25, 0.3) is 10.4 Å². The van der Waals surface area contributed by atoms with E-state index >= 15 is 0 Å². The predicted molar refractivity (Wildman–Crippen MR) is 65.7 cm³/mol. The molecule has 1 aromatic rings. The summed E-state index contributed by atoms with van der Waals surface area (Å²) >= 11 is 0. The van der Waals surface area contributed by atoms with Gasteiger partial charge in [0.25, 0.3) is 0 Å². The Labute approximate surface area is 105 Å². The molecule has 1 aliphatic heterocycles. The molecule has 0 radical (unpaired) electrons. The van der Waals surface area contributed by atoms with Gasteiger partial charge in [0.2, 0.25) is 5.91 Å². The zero-order valence-electron chi connectivity index (χ0n) is 10.4. The van der Waals surface area contributed by atoms with Crippen LogP contribution < -0.4 is 0 Å². The minimum atomic E-state index is 0.144. The summed E-state index contributed by atoms with van der Waals surface area (Å²) in [5.74, 6) is 1.26. The third-order valence-corrected chi connectivity index (χ3v) is 3.23. The SMILES string of the molecule is Cc1nccn1CCN1CC(CN=[N+]=[N-])CC1=O. The fourth-order valence-corrected chi connectivity index (χ4v) is 2.21. The van der Waals surface area contributed by atoms with Crippen molar-refractivity contribution < 1.29 is 4.79 Å². The molecule has 1 aromatic heterocycles. The predicted octanol–water partition coefficient (Wildman–Crippen LogP) is 1.35. The van der Waals surface area contributed by atoms with Crippen molar-refractivity contribution in [3.63, 3.8) is 0 Å². The number of aryl methyl sites for hydroxylation is 1. The van der Waals surface area contributed by atoms with Crippen molar-refractivity contribution in [3.05, 3.63) is 28.7 Å². The molecule has 2 rings (SSSR count). The first-order chi connectivity index (χ1) is 8.70. The standard InChI is InChI=1S/C11H16N6O/c1-9-13-2-3-16(9)4-5-17-8-10(6-11(17)18)7-14-15-12/h2-3,10H,4-8H2,1H3. The van der Waals surface area contributed by atoms with Crippen LogP contribution >= 0.6 is 0 Å². The zero-order valence-corrected chi connectivity index (χ0v) is 10.4. The Bertz CT molecular complexity index is 476. The lowest BCUT2D eigenvalue weighted by Gasteiger charge is -2.17. The summed E-state index contributed by atoms with van der Waals surface area (Å²) < 4.78 is 2.02. The number of aromatic nitrogens is 2. The molecule has 1 saturated heterocycles. The van der Waals surface area contributed by atoms with Crippen molar-refractivity contribution >= 4 is 5.91 Å². The number of azide groups is 1. The van der Waals surface area contributed by atoms with Crippen LogP contribution in [0, 0.1) is 12.8 Å². The van der Waals surface area contributed by atoms with E-state index in [1.165, 1.54) is 0 Å². The second-order valence-electron chi connectivity index (χ2n) is 4.49. The van der Waals surface area contributed by atoms with Crippen molar-refractivity contribution in [2.45, 2.75) is 19.9 Å². The fourth-order valence-electron chi connectivity index (χ4n) is 2.21. The molecule has 2 heterocycles. The van der Waals surface area contributed by atoms with Gasteiger partial charge in [-0.2, -0.15) is 0 Å². The van der Waals surface area contributed by atoms with Crippen molar-refractivity contribution in [1.29, 1.82) is 0 Å².